The minimum Gasteiger partial charge on any atom is -0.395 e. The zero-order valence-electron chi connectivity index (χ0n) is 9.40. The van der Waals surface area contributed by atoms with Crippen molar-refractivity contribution in [2.75, 3.05) is 20.2 Å². The predicted octanol–water partition coefficient (Wildman–Crippen LogP) is 1.99. The fraction of sp³-hybridized carbons (Fsp3) is 0.250. The summed E-state index contributed by atoms with van der Waals surface area (Å²) in [6, 6.07) is 5.73. The maximum atomic E-state index is 12.1. The molecule has 4 nitrogen and oxygen atoms in total. The molecule has 0 saturated carbocycles. The molecule has 0 radical (unpaired) electrons. The molecular formula is C12H13BrN2O2. The second-order valence-corrected chi connectivity index (χ2v) is 4.67. The van der Waals surface area contributed by atoms with Crippen molar-refractivity contribution < 1.29 is 9.90 Å². The fourth-order valence-electron chi connectivity index (χ4n) is 1.77. The van der Waals surface area contributed by atoms with Crippen molar-refractivity contribution in [2.24, 2.45) is 0 Å². The highest BCUT2D eigenvalue weighted by Crippen LogP contribution is 2.27. The van der Waals surface area contributed by atoms with E-state index in [2.05, 4.69) is 20.9 Å². The third kappa shape index (κ3) is 2.21. The Morgan fingerprint density at radius 1 is 1.53 bits per heavy atom. The molecule has 0 aliphatic heterocycles. The zero-order valence-corrected chi connectivity index (χ0v) is 11.0. The molecule has 0 spiro atoms. The summed E-state index contributed by atoms with van der Waals surface area (Å²) < 4.78 is 0.886. The van der Waals surface area contributed by atoms with Crippen LogP contribution in [0.25, 0.3) is 10.9 Å². The number of halogens is 1. The van der Waals surface area contributed by atoms with Gasteiger partial charge in [-0.25, -0.2) is 0 Å². The van der Waals surface area contributed by atoms with Gasteiger partial charge in [0, 0.05) is 35.2 Å². The van der Waals surface area contributed by atoms with Crippen LogP contribution in [0.15, 0.2) is 28.9 Å². The maximum absolute atomic E-state index is 12.1. The number of nitrogens with zero attached hydrogens (tertiary/aromatic N) is 1. The van der Waals surface area contributed by atoms with Gasteiger partial charge in [0.25, 0.3) is 5.91 Å². The molecule has 0 atom stereocenters. The van der Waals surface area contributed by atoms with Crippen molar-refractivity contribution in [2.45, 2.75) is 0 Å². The normalized spacial score (nSPS) is 10.8. The maximum Gasteiger partial charge on any atom is 0.255 e. The quantitative estimate of drug-likeness (QED) is 0.910. The summed E-state index contributed by atoms with van der Waals surface area (Å²) in [5.74, 6) is -0.0998. The average Bonchev–Trinajstić information content (AvgIpc) is 2.73. The molecule has 0 aliphatic rings. The van der Waals surface area contributed by atoms with Crippen LogP contribution in [-0.2, 0) is 0 Å². The first-order valence-electron chi connectivity index (χ1n) is 5.27. The molecule has 2 N–H and O–H groups in total. The number of likely N-dealkylation sites (N-methyl/N-ethyl adjacent to an activating group) is 1. The lowest BCUT2D eigenvalue weighted by Crippen LogP contribution is -2.29. The lowest BCUT2D eigenvalue weighted by molar-refractivity contribution is 0.0769. The number of hydrogen-bond donors (Lipinski definition) is 2. The Labute approximate surface area is 107 Å². The lowest BCUT2D eigenvalue weighted by Gasteiger charge is -2.15. The number of hydrogen-bond acceptors (Lipinski definition) is 2. The van der Waals surface area contributed by atoms with Crippen LogP contribution in [0.5, 0.6) is 0 Å². The minimum atomic E-state index is -0.0998. The van der Waals surface area contributed by atoms with E-state index in [1.165, 1.54) is 4.90 Å². The number of carbonyl (C=O) groups is 1. The van der Waals surface area contributed by atoms with Gasteiger partial charge in [0.2, 0.25) is 0 Å². The molecule has 5 heteroatoms. The highest BCUT2D eigenvalue weighted by Gasteiger charge is 2.17. The molecule has 1 amide bonds. The Kier molecular flexibility index (Phi) is 3.49. The van der Waals surface area contributed by atoms with Crippen molar-refractivity contribution in [3.63, 3.8) is 0 Å². The van der Waals surface area contributed by atoms with Crippen LogP contribution in [0.2, 0.25) is 0 Å². The van der Waals surface area contributed by atoms with E-state index in [1.54, 1.807) is 13.2 Å². The number of carbonyl (C=O) groups excluding carboxylic acids is 1. The molecule has 2 aromatic rings. The fourth-order valence-corrected chi connectivity index (χ4v) is 2.35. The van der Waals surface area contributed by atoms with Gasteiger partial charge in [0.1, 0.15) is 0 Å². The Morgan fingerprint density at radius 2 is 2.29 bits per heavy atom. The number of aromatic nitrogens is 1. The van der Waals surface area contributed by atoms with Gasteiger partial charge in [0.05, 0.1) is 12.2 Å². The van der Waals surface area contributed by atoms with E-state index in [0.717, 1.165) is 15.4 Å². The number of benzene rings is 1. The highest BCUT2D eigenvalue weighted by molar-refractivity contribution is 9.10. The molecule has 2 rings (SSSR count). The number of amides is 1. The largest absolute Gasteiger partial charge is 0.395 e. The van der Waals surface area contributed by atoms with Crippen LogP contribution in [0, 0.1) is 0 Å². The molecule has 0 saturated heterocycles. The summed E-state index contributed by atoms with van der Waals surface area (Å²) >= 11 is 3.44. The van der Waals surface area contributed by atoms with Gasteiger partial charge in [-0.15, -0.1) is 0 Å². The molecule has 17 heavy (non-hydrogen) atoms. The molecule has 0 fully saturated rings. The highest BCUT2D eigenvalue weighted by atomic mass is 79.9. The van der Waals surface area contributed by atoms with Crippen LogP contribution in [0.1, 0.15) is 10.4 Å². The van der Waals surface area contributed by atoms with Gasteiger partial charge >= 0.3 is 0 Å². The van der Waals surface area contributed by atoms with Crippen molar-refractivity contribution in [3.8, 4) is 0 Å². The van der Waals surface area contributed by atoms with Gasteiger partial charge < -0.3 is 15.0 Å². The Morgan fingerprint density at radius 3 is 3.00 bits per heavy atom. The first kappa shape index (κ1) is 12.1. The van der Waals surface area contributed by atoms with E-state index in [9.17, 15) is 4.79 Å². The number of rotatable bonds is 3. The van der Waals surface area contributed by atoms with Crippen LogP contribution in [0.3, 0.4) is 0 Å². The average molecular weight is 297 g/mol. The van der Waals surface area contributed by atoms with Crippen molar-refractivity contribution in [1.29, 1.82) is 0 Å². The number of H-pyrrole nitrogens is 1. The first-order valence-corrected chi connectivity index (χ1v) is 6.06. The van der Waals surface area contributed by atoms with E-state index in [1.807, 2.05) is 18.2 Å². The predicted molar refractivity (Wildman–Crippen MR) is 70.0 cm³/mol. The number of fused-ring (bicyclic) bond motifs is 1. The summed E-state index contributed by atoms with van der Waals surface area (Å²) in [4.78, 5) is 16.7. The number of aliphatic hydroxyl groups is 1. The molecule has 0 unspecified atom stereocenters. The van der Waals surface area contributed by atoms with E-state index in [0.29, 0.717) is 12.1 Å². The summed E-state index contributed by atoms with van der Waals surface area (Å²) in [6.07, 6.45) is 1.70. The van der Waals surface area contributed by atoms with Crippen molar-refractivity contribution >= 4 is 32.7 Å². The van der Waals surface area contributed by atoms with Gasteiger partial charge in [0.15, 0.2) is 0 Å². The number of nitrogens with one attached hydrogen (secondary N) is 1. The van der Waals surface area contributed by atoms with Gasteiger partial charge in [-0.3, -0.25) is 4.79 Å². The van der Waals surface area contributed by atoms with Crippen molar-refractivity contribution in [3.05, 3.63) is 34.4 Å². The van der Waals surface area contributed by atoms with Gasteiger partial charge in [-0.1, -0.05) is 22.0 Å². The molecule has 1 aromatic carbocycles. The van der Waals surface area contributed by atoms with Crippen LogP contribution in [-0.4, -0.2) is 41.1 Å². The van der Waals surface area contributed by atoms with E-state index >= 15 is 0 Å². The lowest BCUT2D eigenvalue weighted by atomic mass is 10.1. The van der Waals surface area contributed by atoms with Gasteiger partial charge in [-0.2, -0.15) is 0 Å². The third-order valence-corrected chi connectivity index (χ3v) is 3.33. The minimum absolute atomic E-state index is 0.0359. The summed E-state index contributed by atoms with van der Waals surface area (Å²) in [5.41, 5.74) is 1.53. The van der Waals surface area contributed by atoms with Crippen molar-refractivity contribution in [1.82, 2.24) is 9.88 Å². The Balaban J connectivity index is 2.46. The second-order valence-electron chi connectivity index (χ2n) is 3.82. The first-order chi connectivity index (χ1) is 8.15. The molecule has 1 heterocycles. The summed E-state index contributed by atoms with van der Waals surface area (Å²) in [5, 5.41) is 9.72. The molecular weight excluding hydrogens is 284 g/mol. The molecule has 90 valence electrons. The van der Waals surface area contributed by atoms with Crippen LogP contribution in [0.4, 0.5) is 0 Å². The zero-order chi connectivity index (χ0) is 12.4. The van der Waals surface area contributed by atoms with E-state index in [-0.39, 0.29) is 12.5 Å². The molecule has 1 aromatic heterocycles. The third-order valence-electron chi connectivity index (χ3n) is 2.67. The topological polar surface area (TPSA) is 56.3 Å². The van der Waals surface area contributed by atoms with Crippen LogP contribution < -0.4 is 0 Å². The number of aliphatic hydroxyl groups excluding tert-OH is 1. The monoisotopic (exact) mass is 296 g/mol. The number of aromatic amines is 1. The Hall–Kier alpha value is -1.33. The second kappa shape index (κ2) is 4.89. The standard InChI is InChI=1S/C12H13BrN2O2/c1-15(5-6-16)12(17)8-7-14-10-4-2-3-9(13)11(8)10/h2-4,7,14,16H,5-6H2,1H3. The molecule has 0 aliphatic carbocycles. The molecule has 0 bridgehead atoms. The van der Waals surface area contributed by atoms with Gasteiger partial charge in [-0.05, 0) is 12.1 Å². The summed E-state index contributed by atoms with van der Waals surface area (Å²) in [6.45, 7) is 0.293. The smallest absolute Gasteiger partial charge is 0.255 e. The van der Waals surface area contributed by atoms with E-state index in [4.69, 9.17) is 5.11 Å². The Bertz CT molecular complexity index is 550. The van der Waals surface area contributed by atoms with E-state index < -0.39 is 0 Å². The SMILES string of the molecule is CN(CCO)C(=O)c1c[nH]c2cccc(Br)c12. The van der Waals surface area contributed by atoms with Crippen LogP contribution >= 0.6 is 15.9 Å². The summed E-state index contributed by atoms with van der Waals surface area (Å²) in [7, 11) is 1.67.